The van der Waals surface area contributed by atoms with Gasteiger partial charge in [-0.15, -0.1) is 15.3 Å². The minimum absolute atomic E-state index is 0.0402. The van der Waals surface area contributed by atoms with Crippen LogP contribution in [0.25, 0.3) is 0 Å². The number of ether oxygens (including phenoxy) is 2. The number of hydrogen-bond acceptors (Lipinski definition) is 7. The molecule has 44 heavy (non-hydrogen) atoms. The topological polar surface area (TPSA) is 89.1 Å². The van der Waals surface area contributed by atoms with Gasteiger partial charge in [-0.2, -0.15) is 13.2 Å². The highest BCUT2D eigenvalue weighted by Gasteiger charge is 2.38. The summed E-state index contributed by atoms with van der Waals surface area (Å²) >= 11 is 0. The number of halogens is 3. The largest absolute Gasteiger partial charge is 0.486 e. The van der Waals surface area contributed by atoms with Gasteiger partial charge in [0.15, 0.2) is 14.1 Å². The first-order chi connectivity index (χ1) is 20.7. The van der Waals surface area contributed by atoms with Gasteiger partial charge in [0, 0.05) is 25.1 Å². The smallest absolute Gasteiger partial charge is 0.416 e. The molecule has 1 aromatic carbocycles. The van der Waals surface area contributed by atoms with Crippen molar-refractivity contribution in [1.29, 1.82) is 0 Å². The Hall–Kier alpha value is -2.77. The summed E-state index contributed by atoms with van der Waals surface area (Å²) in [6.45, 7) is 12.6. The molecule has 2 aromatic heterocycles. The predicted octanol–water partition coefficient (Wildman–Crippen LogP) is 7.19. The van der Waals surface area contributed by atoms with E-state index in [1.165, 1.54) is 12.1 Å². The Bertz CT molecular complexity index is 1390. The van der Waals surface area contributed by atoms with Crippen molar-refractivity contribution in [2.45, 2.75) is 114 Å². The number of aromatic nitrogens is 6. The van der Waals surface area contributed by atoms with Crippen LogP contribution in [0.5, 0.6) is 5.75 Å². The Kier molecular flexibility index (Phi) is 9.57. The van der Waals surface area contributed by atoms with Crippen LogP contribution in [0, 0.1) is 0 Å². The molecule has 0 N–H and O–H groups in total. The summed E-state index contributed by atoms with van der Waals surface area (Å²) in [6, 6.07) is 5.05. The summed E-state index contributed by atoms with van der Waals surface area (Å²) in [6.07, 6.45) is 3.58. The first-order valence-electron chi connectivity index (χ1n) is 15.6. The monoisotopic (exact) mass is 634 g/mol. The Balaban J connectivity index is 1.09. The van der Waals surface area contributed by atoms with Gasteiger partial charge in [-0.1, -0.05) is 32.1 Å². The van der Waals surface area contributed by atoms with Gasteiger partial charge in [0.2, 0.25) is 0 Å². The minimum atomic E-state index is -4.42. The maximum Gasteiger partial charge on any atom is 0.416 e. The molecular formula is C31H45F3N6O3Si. The van der Waals surface area contributed by atoms with Crippen LogP contribution in [-0.4, -0.2) is 57.4 Å². The maximum atomic E-state index is 13.0. The Morgan fingerprint density at radius 3 is 2.36 bits per heavy atom. The van der Waals surface area contributed by atoms with Gasteiger partial charge in [0.1, 0.15) is 18.2 Å². The fourth-order valence-corrected chi connectivity index (χ4v) is 6.76. The van der Waals surface area contributed by atoms with Gasteiger partial charge in [-0.25, -0.2) is 4.68 Å². The van der Waals surface area contributed by atoms with Crippen molar-refractivity contribution in [2.24, 2.45) is 7.05 Å². The fourth-order valence-electron chi connectivity index (χ4n) is 5.72. The van der Waals surface area contributed by atoms with Crippen molar-refractivity contribution in [3.8, 4) is 5.75 Å². The lowest BCUT2D eigenvalue weighted by Gasteiger charge is -2.38. The summed E-state index contributed by atoms with van der Waals surface area (Å²) in [5, 5.41) is 17.9. The number of benzene rings is 1. The number of rotatable bonds is 9. The summed E-state index contributed by atoms with van der Waals surface area (Å²) in [5.41, 5.74) is 0.286. The van der Waals surface area contributed by atoms with Crippen LogP contribution in [0.1, 0.15) is 100 Å². The molecule has 0 amide bonds. The normalized spacial score (nSPS) is 23.6. The van der Waals surface area contributed by atoms with E-state index in [0.29, 0.717) is 25.0 Å². The quantitative estimate of drug-likeness (QED) is 0.230. The second kappa shape index (κ2) is 12.9. The van der Waals surface area contributed by atoms with Gasteiger partial charge in [-0.3, -0.25) is 0 Å². The molecule has 2 atom stereocenters. The molecule has 2 fully saturated rings. The van der Waals surface area contributed by atoms with Gasteiger partial charge < -0.3 is 18.5 Å². The molecule has 0 radical (unpaired) electrons. The van der Waals surface area contributed by atoms with Crippen molar-refractivity contribution in [2.75, 3.05) is 13.2 Å². The van der Waals surface area contributed by atoms with E-state index in [4.69, 9.17) is 13.9 Å². The zero-order chi connectivity index (χ0) is 31.7. The highest BCUT2D eigenvalue weighted by Crippen LogP contribution is 2.40. The Morgan fingerprint density at radius 2 is 1.70 bits per heavy atom. The van der Waals surface area contributed by atoms with Crippen LogP contribution < -0.4 is 4.74 Å². The van der Waals surface area contributed by atoms with Crippen LogP contribution in [0.3, 0.4) is 0 Å². The Labute approximate surface area is 258 Å². The second-order valence-electron chi connectivity index (χ2n) is 13.8. The molecule has 1 saturated carbocycles. The van der Waals surface area contributed by atoms with Crippen molar-refractivity contribution in [3.05, 3.63) is 53.4 Å². The van der Waals surface area contributed by atoms with E-state index in [1.54, 1.807) is 0 Å². The van der Waals surface area contributed by atoms with E-state index in [2.05, 4.69) is 60.6 Å². The van der Waals surface area contributed by atoms with E-state index >= 15 is 0 Å². The van der Waals surface area contributed by atoms with E-state index in [1.807, 2.05) is 16.3 Å². The lowest BCUT2D eigenvalue weighted by atomic mass is 9.80. The van der Waals surface area contributed by atoms with Gasteiger partial charge in [0.25, 0.3) is 0 Å². The van der Waals surface area contributed by atoms with E-state index in [0.717, 1.165) is 62.2 Å². The molecule has 0 bridgehead atoms. The van der Waals surface area contributed by atoms with Crippen molar-refractivity contribution < 1.29 is 27.1 Å². The van der Waals surface area contributed by atoms with E-state index in [9.17, 15) is 13.2 Å². The molecule has 3 heterocycles. The predicted molar refractivity (Wildman–Crippen MR) is 162 cm³/mol. The first kappa shape index (κ1) is 32.6. The number of nitrogens with zero attached hydrogens (tertiary/aromatic N) is 6. The van der Waals surface area contributed by atoms with Crippen LogP contribution in [0.4, 0.5) is 13.2 Å². The van der Waals surface area contributed by atoms with Crippen molar-refractivity contribution in [3.63, 3.8) is 0 Å². The van der Waals surface area contributed by atoms with Gasteiger partial charge >= 0.3 is 6.18 Å². The van der Waals surface area contributed by atoms with E-state index in [-0.39, 0.29) is 35.5 Å². The summed E-state index contributed by atoms with van der Waals surface area (Å²) < 4.78 is 61.1. The molecule has 13 heteroatoms. The zero-order valence-electron chi connectivity index (χ0n) is 26.6. The van der Waals surface area contributed by atoms with Crippen LogP contribution in [-0.2, 0) is 29.0 Å². The van der Waals surface area contributed by atoms with Crippen molar-refractivity contribution >= 4 is 8.32 Å². The highest BCUT2D eigenvalue weighted by molar-refractivity contribution is 6.74. The van der Waals surface area contributed by atoms with Crippen molar-refractivity contribution in [1.82, 2.24) is 29.8 Å². The third-order valence-electron chi connectivity index (χ3n) is 9.72. The molecule has 242 valence electrons. The molecule has 2 aliphatic rings. The second-order valence-corrected chi connectivity index (χ2v) is 18.6. The molecule has 0 spiro atoms. The van der Waals surface area contributed by atoms with Crippen LogP contribution >= 0.6 is 0 Å². The first-order valence-corrected chi connectivity index (χ1v) is 18.5. The SMILES string of the molecule is Cn1c(COc2cccc(C(F)(F)F)c2)nnc1C1CCC(c2cn([C@@H]3CC[C@@H](CO[Si](C)(C)C(C)(C)C)OC3)nn2)CC1. The van der Waals surface area contributed by atoms with Crippen LogP contribution in [0.15, 0.2) is 30.5 Å². The summed E-state index contributed by atoms with van der Waals surface area (Å²) in [4.78, 5) is 0. The Morgan fingerprint density at radius 1 is 0.977 bits per heavy atom. The van der Waals surface area contributed by atoms with Gasteiger partial charge in [-0.05, 0) is 74.9 Å². The minimum Gasteiger partial charge on any atom is -0.486 e. The van der Waals surface area contributed by atoms with Gasteiger partial charge in [0.05, 0.1) is 36.6 Å². The average molecular weight is 635 g/mol. The maximum absolute atomic E-state index is 13.0. The molecule has 1 aliphatic carbocycles. The lowest BCUT2D eigenvalue weighted by molar-refractivity contribution is -0.137. The number of hydrogen-bond donors (Lipinski definition) is 0. The molecular weight excluding hydrogens is 589 g/mol. The third kappa shape index (κ3) is 7.53. The summed E-state index contributed by atoms with van der Waals surface area (Å²) in [5.74, 6) is 2.19. The molecule has 5 rings (SSSR count). The molecule has 1 aliphatic heterocycles. The fraction of sp³-hybridized carbons (Fsp3) is 0.677. The molecule has 0 unspecified atom stereocenters. The summed E-state index contributed by atoms with van der Waals surface area (Å²) in [7, 11) is 0.0914. The van der Waals surface area contributed by atoms with Crippen LogP contribution in [0.2, 0.25) is 18.1 Å². The number of alkyl halides is 3. The lowest BCUT2D eigenvalue weighted by Crippen LogP contribution is -2.43. The molecule has 3 aromatic rings. The molecule has 9 nitrogen and oxygen atoms in total. The average Bonchev–Trinajstić information content (AvgIpc) is 3.62. The zero-order valence-corrected chi connectivity index (χ0v) is 27.6. The molecule has 1 saturated heterocycles. The highest BCUT2D eigenvalue weighted by atomic mass is 28.4. The van der Waals surface area contributed by atoms with E-state index < -0.39 is 20.1 Å². The third-order valence-corrected chi connectivity index (χ3v) is 14.2. The standard InChI is InChI=1S/C31H45F3N6O3Si/c1-30(2,3)44(5,6)43-19-26-15-14-24(18-41-26)40-17-27(35-38-40)21-10-12-22(13-11-21)29-37-36-28(39(29)4)20-42-25-9-7-8-23(16-25)31(32,33)34/h7-9,16-17,21-22,24,26H,10-15,18-20H2,1-6H3/t21?,22?,24-,26+/m1/s1.